The van der Waals surface area contributed by atoms with Crippen molar-refractivity contribution in [2.75, 3.05) is 19.6 Å². The number of ketones is 1. The summed E-state index contributed by atoms with van der Waals surface area (Å²) < 4.78 is 2.26. The molecule has 0 amide bonds. The van der Waals surface area contributed by atoms with Gasteiger partial charge in [-0.15, -0.1) is 0 Å². The predicted octanol–water partition coefficient (Wildman–Crippen LogP) is 5.14. The molecule has 3 rings (SSSR count). The van der Waals surface area contributed by atoms with Gasteiger partial charge in [-0.2, -0.15) is 0 Å². The first-order valence-electron chi connectivity index (χ1n) is 10.00. The summed E-state index contributed by atoms with van der Waals surface area (Å²) in [7, 11) is 0. The van der Waals surface area contributed by atoms with Crippen LogP contribution in [0.1, 0.15) is 62.7 Å². The molecular formula is C22H32N2O. The van der Waals surface area contributed by atoms with E-state index in [0.29, 0.717) is 0 Å². The third kappa shape index (κ3) is 4.52. The van der Waals surface area contributed by atoms with E-state index in [4.69, 9.17) is 0 Å². The summed E-state index contributed by atoms with van der Waals surface area (Å²) in [4.78, 5) is 14.5. The SMILES string of the molecule is CCCCC1CCN(CCCn2cc(C(C)=O)c3ccccc32)CC1. The Kier molecular flexibility index (Phi) is 6.30. The van der Waals surface area contributed by atoms with E-state index in [-0.39, 0.29) is 5.78 Å². The maximum Gasteiger partial charge on any atom is 0.161 e. The van der Waals surface area contributed by atoms with Crippen molar-refractivity contribution in [1.82, 2.24) is 9.47 Å². The Morgan fingerprint density at radius 3 is 2.60 bits per heavy atom. The Morgan fingerprint density at radius 2 is 1.88 bits per heavy atom. The first-order chi connectivity index (χ1) is 12.2. The number of Topliss-reactive ketones (excluding diaryl/α,β-unsaturated/α-hetero) is 1. The molecule has 3 nitrogen and oxygen atoms in total. The molecule has 1 aromatic carbocycles. The van der Waals surface area contributed by atoms with Gasteiger partial charge < -0.3 is 9.47 Å². The molecule has 0 saturated carbocycles. The Balaban J connectivity index is 1.52. The summed E-state index contributed by atoms with van der Waals surface area (Å²) in [6, 6.07) is 8.26. The molecule has 0 aliphatic carbocycles. The van der Waals surface area contributed by atoms with Gasteiger partial charge in [0.1, 0.15) is 0 Å². The highest BCUT2D eigenvalue weighted by atomic mass is 16.1. The van der Waals surface area contributed by atoms with Crippen molar-refractivity contribution in [3.8, 4) is 0 Å². The Bertz CT molecular complexity index is 695. The van der Waals surface area contributed by atoms with E-state index in [1.807, 2.05) is 12.3 Å². The zero-order valence-corrected chi connectivity index (χ0v) is 15.8. The van der Waals surface area contributed by atoms with Gasteiger partial charge in [0, 0.05) is 29.2 Å². The van der Waals surface area contributed by atoms with Crippen LogP contribution in [-0.4, -0.2) is 34.9 Å². The first-order valence-corrected chi connectivity index (χ1v) is 10.00. The molecule has 0 atom stereocenters. The van der Waals surface area contributed by atoms with Gasteiger partial charge in [0.2, 0.25) is 0 Å². The van der Waals surface area contributed by atoms with Gasteiger partial charge in [-0.3, -0.25) is 4.79 Å². The van der Waals surface area contributed by atoms with Crippen LogP contribution in [0.4, 0.5) is 0 Å². The van der Waals surface area contributed by atoms with Gasteiger partial charge in [-0.25, -0.2) is 0 Å². The van der Waals surface area contributed by atoms with Gasteiger partial charge >= 0.3 is 0 Å². The normalized spacial score (nSPS) is 16.6. The van der Waals surface area contributed by atoms with Crippen molar-refractivity contribution >= 4 is 16.7 Å². The van der Waals surface area contributed by atoms with E-state index < -0.39 is 0 Å². The van der Waals surface area contributed by atoms with E-state index in [1.165, 1.54) is 57.3 Å². The molecule has 1 fully saturated rings. The maximum absolute atomic E-state index is 11.9. The van der Waals surface area contributed by atoms with Gasteiger partial charge in [0.15, 0.2) is 5.78 Å². The lowest BCUT2D eigenvalue weighted by Crippen LogP contribution is -2.34. The number of para-hydroxylation sites is 1. The maximum atomic E-state index is 11.9. The first kappa shape index (κ1) is 18.2. The summed E-state index contributed by atoms with van der Waals surface area (Å²) >= 11 is 0. The van der Waals surface area contributed by atoms with Crippen LogP contribution in [0.5, 0.6) is 0 Å². The molecule has 3 heteroatoms. The fourth-order valence-electron chi connectivity index (χ4n) is 4.17. The zero-order valence-electron chi connectivity index (χ0n) is 15.8. The third-order valence-electron chi connectivity index (χ3n) is 5.71. The van der Waals surface area contributed by atoms with Crippen molar-refractivity contribution in [2.24, 2.45) is 5.92 Å². The number of piperidine rings is 1. The number of nitrogens with zero attached hydrogens (tertiary/aromatic N) is 2. The molecular weight excluding hydrogens is 308 g/mol. The highest BCUT2D eigenvalue weighted by Crippen LogP contribution is 2.24. The van der Waals surface area contributed by atoms with Crippen molar-refractivity contribution in [2.45, 2.75) is 58.9 Å². The molecule has 0 spiro atoms. The van der Waals surface area contributed by atoms with E-state index in [1.54, 1.807) is 6.92 Å². The number of unbranched alkanes of at least 4 members (excludes halogenated alkanes) is 1. The zero-order chi connectivity index (χ0) is 17.6. The molecule has 0 unspecified atom stereocenters. The second kappa shape index (κ2) is 8.66. The standard InChI is InChI=1S/C22H32N2O/c1-3-4-8-19-11-15-23(16-12-19)13-7-14-24-17-21(18(2)25)20-9-5-6-10-22(20)24/h5-6,9-10,17,19H,3-4,7-8,11-16H2,1-2H3. The summed E-state index contributed by atoms with van der Waals surface area (Å²) in [6.07, 6.45) is 10.1. The summed E-state index contributed by atoms with van der Waals surface area (Å²) in [6.45, 7) is 8.64. The minimum Gasteiger partial charge on any atom is -0.347 e. The van der Waals surface area contributed by atoms with E-state index in [2.05, 4.69) is 34.6 Å². The number of carbonyl (C=O) groups is 1. The molecule has 1 aliphatic heterocycles. The Hall–Kier alpha value is -1.61. The van der Waals surface area contributed by atoms with Crippen molar-refractivity contribution in [1.29, 1.82) is 0 Å². The highest BCUT2D eigenvalue weighted by molar-refractivity contribution is 6.06. The topological polar surface area (TPSA) is 25.2 Å². The van der Waals surface area contributed by atoms with Crippen LogP contribution in [0, 0.1) is 5.92 Å². The van der Waals surface area contributed by atoms with E-state index in [9.17, 15) is 4.79 Å². The fourth-order valence-corrected chi connectivity index (χ4v) is 4.17. The third-order valence-corrected chi connectivity index (χ3v) is 5.71. The fraction of sp³-hybridized carbons (Fsp3) is 0.591. The molecule has 1 aliphatic rings. The lowest BCUT2D eigenvalue weighted by molar-refractivity contribution is 0.101. The van der Waals surface area contributed by atoms with E-state index in [0.717, 1.165) is 29.8 Å². The highest BCUT2D eigenvalue weighted by Gasteiger charge is 2.18. The second-order valence-corrected chi connectivity index (χ2v) is 7.59. The van der Waals surface area contributed by atoms with Gasteiger partial charge in [0.05, 0.1) is 0 Å². The van der Waals surface area contributed by atoms with Crippen molar-refractivity contribution < 1.29 is 4.79 Å². The molecule has 25 heavy (non-hydrogen) atoms. The number of fused-ring (bicyclic) bond motifs is 1. The number of likely N-dealkylation sites (tertiary alicyclic amines) is 1. The van der Waals surface area contributed by atoms with Gasteiger partial charge in [0.25, 0.3) is 0 Å². The van der Waals surface area contributed by atoms with Gasteiger partial charge in [-0.1, -0.05) is 44.4 Å². The Morgan fingerprint density at radius 1 is 1.12 bits per heavy atom. The molecule has 2 aromatic rings. The molecule has 0 bridgehead atoms. The summed E-state index contributed by atoms with van der Waals surface area (Å²) in [5, 5.41) is 1.09. The number of hydrogen-bond donors (Lipinski definition) is 0. The molecule has 1 aromatic heterocycles. The smallest absolute Gasteiger partial charge is 0.161 e. The molecule has 0 radical (unpaired) electrons. The minimum atomic E-state index is 0.157. The largest absolute Gasteiger partial charge is 0.347 e. The lowest BCUT2D eigenvalue weighted by atomic mass is 9.91. The molecule has 2 heterocycles. The Labute approximate surface area is 152 Å². The second-order valence-electron chi connectivity index (χ2n) is 7.59. The van der Waals surface area contributed by atoms with Gasteiger partial charge in [-0.05, 0) is 57.8 Å². The number of rotatable bonds is 8. The van der Waals surface area contributed by atoms with Crippen LogP contribution in [-0.2, 0) is 6.54 Å². The number of benzene rings is 1. The van der Waals surface area contributed by atoms with Crippen LogP contribution in [0.25, 0.3) is 10.9 Å². The van der Waals surface area contributed by atoms with Crippen LogP contribution >= 0.6 is 0 Å². The monoisotopic (exact) mass is 340 g/mol. The van der Waals surface area contributed by atoms with Crippen LogP contribution in [0.15, 0.2) is 30.5 Å². The minimum absolute atomic E-state index is 0.157. The number of carbonyl (C=O) groups excluding carboxylic acids is 1. The van der Waals surface area contributed by atoms with E-state index >= 15 is 0 Å². The van der Waals surface area contributed by atoms with Crippen LogP contribution in [0.2, 0.25) is 0 Å². The average Bonchev–Trinajstić information content (AvgIpc) is 3.00. The molecule has 136 valence electrons. The quantitative estimate of drug-likeness (QED) is 0.622. The molecule has 1 saturated heterocycles. The van der Waals surface area contributed by atoms with Crippen molar-refractivity contribution in [3.05, 3.63) is 36.0 Å². The van der Waals surface area contributed by atoms with Crippen LogP contribution in [0.3, 0.4) is 0 Å². The summed E-state index contributed by atoms with van der Waals surface area (Å²) in [5.74, 6) is 1.12. The summed E-state index contributed by atoms with van der Waals surface area (Å²) in [5.41, 5.74) is 2.04. The molecule has 0 N–H and O–H groups in total. The number of aromatic nitrogens is 1. The average molecular weight is 341 g/mol. The number of hydrogen-bond acceptors (Lipinski definition) is 2. The van der Waals surface area contributed by atoms with Crippen LogP contribution < -0.4 is 0 Å². The predicted molar refractivity (Wildman–Crippen MR) is 105 cm³/mol. The van der Waals surface area contributed by atoms with Crippen molar-refractivity contribution in [3.63, 3.8) is 0 Å². The number of aryl methyl sites for hydroxylation is 1. The lowest BCUT2D eigenvalue weighted by Gasteiger charge is -2.32.